The van der Waals surface area contributed by atoms with Crippen LogP contribution in [0.3, 0.4) is 0 Å². The van der Waals surface area contributed by atoms with Crippen LogP contribution in [0.2, 0.25) is 0 Å². The molecule has 2 heterocycles. The quantitative estimate of drug-likeness (QED) is 0.545. The van der Waals surface area contributed by atoms with Crippen molar-refractivity contribution in [2.45, 2.75) is 51.2 Å². The molecule has 3 aromatic rings. The van der Waals surface area contributed by atoms with E-state index >= 15 is 0 Å². The molecule has 4 rings (SSSR count). The van der Waals surface area contributed by atoms with Crippen molar-refractivity contribution in [3.05, 3.63) is 58.9 Å². The number of benzene rings is 1. The summed E-state index contributed by atoms with van der Waals surface area (Å²) < 4.78 is 5.48. The van der Waals surface area contributed by atoms with Gasteiger partial charge in [0.25, 0.3) is 0 Å². The van der Waals surface area contributed by atoms with Crippen molar-refractivity contribution in [1.29, 1.82) is 0 Å². The molecule has 5 nitrogen and oxygen atoms in total. The first kappa shape index (κ1) is 20.4. The summed E-state index contributed by atoms with van der Waals surface area (Å²) in [4.78, 5) is 17.0. The van der Waals surface area contributed by atoms with Crippen LogP contribution in [0.1, 0.15) is 45.6 Å². The van der Waals surface area contributed by atoms with Gasteiger partial charge in [0, 0.05) is 11.1 Å². The van der Waals surface area contributed by atoms with Gasteiger partial charge in [-0.25, -0.2) is 4.79 Å². The Morgan fingerprint density at radius 2 is 1.90 bits per heavy atom. The Bertz CT molecular complexity index is 1030. The van der Waals surface area contributed by atoms with E-state index in [1.165, 1.54) is 0 Å². The van der Waals surface area contributed by atoms with Crippen molar-refractivity contribution in [3.63, 3.8) is 0 Å². The molecule has 1 aliphatic rings. The number of rotatable bonds is 4. The number of anilines is 1. The zero-order valence-electron chi connectivity index (χ0n) is 17.6. The van der Waals surface area contributed by atoms with Gasteiger partial charge >= 0.3 is 6.09 Å². The summed E-state index contributed by atoms with van der Waals surface area (Å²) in [6, 6.07) is 12.4. The second kappa shape index (κ2) is 7.76. The van der Waals surface area contributed by atoms with Crippen LogP contribution >= 0.6 is 11.3 Å². The van der Waals surface area contributed by atoms with Crippen molar-refractivity contribution in [1.82, 2.24) is 10.3 Å². The molecule has 1 saturated carbocycles. The van der Waals surface area contributed by atoms with E-state index in [-0.39, 0.29) is 11.6 Å². The van der Waals surface area contributed by atoms with Gasteiger partial charge in [-0.3, -0.25) is 4.98 Å². The number of nitrogens with two attached hydrogens (primary N) is 1. The fraction of sp³-hybridized carbons (Fsp3) is 0.333. The maximum absolute atomic E-state index is 12.4. The highest BCUT2D eigenvalue weighted by Gasteiger charge is 2.41. The smallest absolute Gasteiger partial charge is 0.408 e. The van der Waals surface area contributed by atoms with Gasteiger partial charge in [-0.05, 0) is 74.1 Å². The molecule has 1 aromatic carbocycles. The summed E-state index contributed by atoms with van der Waals surface area (Å²) in [5.74, 6) is 0. The molecule has 0 saturated heterocycles. The predicted molar refractivity (Wildman–Crippen MR) is 122 cm³/mol. The van der Waals surface area contributed by atoms with Crippen LogP contribution < -0.4 is 11.1 Å². The highest BCUT2D eigenvalue weighted by molar-refractivity contribution is 7.08. The number of nitrogens with zero attached hydrogens (tertiary/aromatic N) is 1. The number of ether oxygens (including phenoxy) is 1. The Labute approximate surface area is 181 Å². The van der Waals surface area contributed by atoms with Gasteiger partial charge in [0.2, 0.25) is 0 Å². The van der Waals surface area contributed by atoms with Crippen LogP contribution in [0.15, 0.2) is 53.4 Å². The number of nitrogens with one attached hydrogen (secondary N) is 1. The zero-order valence-corrected chi connectivity index (χ0v) is 18.4. The van der Waals surface area contributed by atoms with Gasteiger partial charge in [-0.1, -0.05) is 24.3 Å². The lowest BCUT2D eigenvalue weighted by molar-refractivity contribution is 0.0377. The number of carbonyl (C=O) groups is 1. The summed E-state index contributed by atoms with van der Waals surface area (Å²) in [5, 5.41) is 7.26. The molecule has 2 aromatic heterocycles. The minimum absolute atomic E-state index is 0.356. The molecule has 1 fully saturated rings. The van der Waals surface area contributed by atoms with Crippen LogP contribution in [-0.2, 0) is 10.3 Å². The van der Waals surface area contributed by atoms with E-state index in [0.717, 1.165) is 47.2 Å². The Balaban J connectivity index is 1.61. The number of hydrogen-bond donors (Lipinski definition) is 2. The van der Waals surface area contributed by atoms with E-state index < -0.39 is 5.60 Å². The van der Waals surface area contributed by atoms with Gasteiger partial charge < -0.3 is 15.8 Å². The maximum Gasteiger partial charge on any atom is 0.408 e. The van der Waals surface area contributed by atoms with Gasteiger partial charge in [0.05, 0.1) is 23.1 Å². The standard InChI is InChI=1S/C24H27N3O2S/c1-23(2,3)29-22(28)27-24(10-4-11-24)18-7-5-16(6-8-18)21-20(13-19(25)14-26-21)17-9-12-30-15-17/h5-9,12-15H,4,10-11,25H2,1-3H3,(H,27,28). The number of amides is 1. The zero-order chi connectivity index (χ0) is 21.4. The lowest BCUT2D eigenvalue weighted by Crippen LogP contribution is -2.52. The Kier molecular flexibility index (Phi) is 5.28. The minimum atomic E-state index is -0.516. The Morgan fingerprint density at radius 1 is 1.17 bits per heavy atom. The molecular weight excluding hydrogens is 394 g/mol. The predicted octanol–water partition coefficient (Wildman–Crippen LogP) is 5.96. The first-order valence-electron chi connectivity index (χ1n) is 10.2. The lowest BCUT2D eigenvalue weighted by atomic mass is 9.71. The average molecular weight is 422 g/mol. The lowest BCUT2D eigenvalue weighted by Gasteiger charge is -2.43. The van der Waals surface area contributed by atoms with E-state index in [1.54, 1.807) is 17.5 Å². The van der Waals surface area contributed by atoms with E-state index in [4.69, 9.17) is 10.5 Å². The third kappa shape index (κ3) is 4.19. The van der Waals surface area contributed by atoms with E-state index in [0.29, 0.717) is 5.69 Å². The van der Waals surface area contributed by atoms with E-state index in [2.05, 4.69) is 46.0 Å². The molecule has 30 heavy (non-hydrogen) atoms. The summed E-state index contributed by atoms with van der Waals surface area (Å²) in [7, 11) is 0. The summed E-state index contributed by atoms with van der Waals surface area (Å²) in [6.07, 6.45) is 4.22. The Hall–Kier alpha value is -2.86. The minimum Gasteiger partial charge on any atom is -0.444 e. The number of pyridine rings is 1. The highest BCUT2D eigenvalue weighted by atomic mass is 32.1. The molecule has 0 bridgehead atoms. The topological polar surface area (TPSA) is 77.2 Å². The molecule has 1 amide bonds. The molecule has 6 heteroatoms. The normalized spacial score (nSPS) is 15.3. The number of alkyl carbamates (subject to hydrolysis) is 1. The van der Waals surface area contributed by atoms with Crippen LogP contribution in [0.4, 0.5) is 10.5 Å². The molecule has 0 unspecified atom stereocenters. The van der Waals surface area contributed by atoms with Gasteiger partial charge in [-0.2, -0.15) is 11.3 Å². The van der Waals surface area contributed by atoms with Crippen LogP contribution in [0, 0.1) is 0 Å². The van der Waals surface area contributed by atoms with E-state index in [9.17, 15) is 4.79 Å². The van der Waals surface area contributed by atoms with Crippen LogP contribution in [-0.4, -0.2) is 16.7 Å². The summed E-state index contributed by atoms with van der Waals surface area (Å²) in [5.41, 5.74) is 10.9. The van der Waals surface area contributed by atoms with Crippen LogP contribution in [0.25, 0.3) is 22.4 Å². The van der Waals surface area contributed by atoms with Gasteiger partial charge in [0.1, 0.15) is 5.60 Å². The largest absolute Gasteiger partial charge is 0.444 e. The Morgan fingerprint density at radius 3 is 2.47 bits per heavy atom. The molecule has 0 atom stereocenters. The van der Waals surface area contributed by atoms with Crippen LogP contribution in [0.5, 0.6) is 0 Å². The second-order valence-corrected chi connectivity index (χ2v) is 9.60. The third-order valence-electron chi connectivity index (χ3n) is 5.40. The number of hydrogen-bond acceptors (Lipinski definition) is 5. The molecular formula is C24H27N3O2S. The van der Waals surface area contributed by atoms with Gasteiger partial charge in [0.15, 0.2) is 0 Å². The maximum atomic E-state index is 12.4. The first-order valence-corrected chi connectivity index (χ1v) is 11.1. The summed E-state index contributed by atoms with van der Waals surface area (Å²) in [6.45, 7) is 5.62. The molecule has 0 spiro atoms. The number of aromatic nitrogens is 1. The number of thiophene rings is 1. The fourth-order valence-corrected chi connectivity index (χ4v) is 4.47. The molecule has 0 radical (unpaired) electrons. The van der Waals surface area contributed by atoms with Crippen molar-refractivity contribution in [3.8, 4) is 22.4 Å². The average Bonchev–Trinajstić information content (AvgIpc) is 3.18. The highest BCUT2D eigenvalue weighted by Crippen LogP contribution is 2.42. The van der Waals surface area contributed by atoms with Crippen molar-refractivity contribution in [2.75, 3.05) is 5.73 Å². The molecule has 156 valence electrons. The summed E-state index contributed by atoms with van der Waals surface area (Å²) >= 11 is 1.65. The second-order valence-electron chi connectivity index (χ2n) is 8.82. The van der Waals surface area contributed by atoms with Crippen molar-refractivity contribution in [2.24, 2.45) is 0 Å². The number of carbonyl (C=O) groups excluding carboxylic acids is 1. The fourth-order valence-electron chi connectivity index (χ4n) is 3.81. The third-order valence-corrected chi connectivity index (χ3v) is 6.08. The molecule has 1 aliphatic carbocycles. The van der Waals surface area contributed by atoms with Gasteiger partial charge in [-0.15, -0.1) is 0 Å². The SMILES string of the molecule is CC(C)(C)OC(=O)NC1(c2ccc(-c3ncc(N)cc3-c3ccsc3)cc2)CCC1. The van der Waals surface area contributed by atoms with Crippen molar-refractivity contribution < 1.29 is 9.53 Å². The number of nitrogen functional groups attached to an aromatic ring is 1. The first-order chi connectivity index (χ1) is 14.3. The molecule has 3 N–H and O–H groups in total. The van der Waals surface area contributed by atoms with Crippen molar-refractivity contribution >= 4 is 23.1 Å². The van der Waals surface area contributed by atoms with E-state index in [1.807, 2.05) is 32.2 Å². The molecule has 0 aliphatic heterocycles. The monoisotopic (exact) mass is 421 g/mol.